The molecule has 0 aliphatic carbocycles. The first-order valence-corrected chi connectivity index (χ1v) is 8.55. The highest BCUT2D eigenvalue weighted by atomic mass is 19.1. The van der Waals surface area contributed by atoms with E-state index < -0.39 is 5.82 Å². The summed E-state index contributed by atoms with van der Waals surface area (Å²) in [7, 11) is 8.83. The number of hydrogen-bond donors (Lipinski definition) is 1. The van der Waals surface area contributed by atoms with Crippen molar-refractivity contribution in [3.8, 4) is 17.1 Å². The Morgan fingerprint density at radius 3 is 2.52 bits per heavy atom. The number of aromatic nitrogens is 1. The lowest BCUT2D eigenvalue weighted by atomic mass is 10.0. The van der Waals surface area contributed by atoms with Gasteiger partial charge in [-0.3, -0.25) is 4.79 Å². The van der Waals surface area contributed by atoms with Crippen LogP contribution in [0.4, 0.5) is 10.2 Å². The number of nitrogens with zero attached hydrogens (tertiary/aromatic N) is 3. The summed E-state index contributed by atoms with van der Waals surface area (Å²) < 4.78 is 24.2. The van der Waals surface area contributed by atoms with E-state index in [9.17, 15) is 9.18 Å². The minimum absolute atomic E-state index is 0.0652. The van der Waals surface area contributed by atoms with E-state index in [0.717, 1.165) is 0 Å². The van der Waals surface area contributed by atoms with Gasteiger partial charge in [0.05, 0.1) is 7.11 Å². The zero-order chi connectivity index (χ0) is 20.4. The van der Waals surface area contributed by atoms with E-state index in [4.69, 9.17) is 9.26 Å². The van der Waals surface area contributed by atoms with Crippen molar-refractivity contribution >= 4 is 11.7 Å². The fraction of sp³-hybridized carbons (Fsp3) is 0.474. The highest BCUT2D eigenvalue weighted by Crippen LogP contribution is 2.33. The van der Waals surface area contributed by atoms with Crippen LogP contribution in [0.25, 0.3) is 11.3 Å². The third-order valence-electron chi connectivity index (χ3n) is 4.63. The lowest BCUT2D eigenvalue weighted by Crippen LogP contribution is -2.48. The van der Waals surface area contributed by atoms with E-state index >= 15 is 0 Å². The average Bonchev–Trinajstić information content (AvgIpc) is 3.05. The fourth-order valence-corrected chi connectivity index (χ4v) is 2.33. The number of nitrogens with one attached hydrogen (secondary N) is 1. The van der Waals surface area contributed by atoms with Crippen molar-refractivity contribution in [3.63, 3.8) is 0 Å². The minimum Gasteiger partial charge on any atom is -0.494 e. The molecule has 148 valence electrons. The first kappa shape index (κ1) is 20.7. The second-order valence-corrected chi connectivity index (χ2v) is 7.34. The van der Waals surface area contributed by atoms with Crippen LogP contribution in [0.2, 0.25) is 0 Å². The number of methoxy groups -OCH3 is 1. The maximum absolute atomic E-state index is 13.7. The number of rotatable bonds is 7. The molecule has 0 saturated carbocycles. The number of ether oxygens (including phenoxy) is 1. The number of amides is 1. The molecule has 0 bridgehead atoms. The predicted octanol–water partition coefficient (Wildman–Crippen LogP) is 2.63. The number of carbonyl (C=O) groups excluding carboxylic acids is 1. The quantitative estimate of drug-likeness (QED) is 0.799. The number of anilines is 1. The molecule has 27 heavy (non-hydrogen) atoms. The second-order valence-electron chi connectivity index (χ2n) is 7.34. The number of hydrogen-bond acceptors (Lipinski definition) is 6. The van der Waals surface area contributed by atoms with Gasteiger partial charge in [-0.1, -0.05) is 5.16 Å². The highest BCUT2D eigenvalue weighted by Gasteiger charge is 2.28. The second kappa shape index (κ2) is 7.96. The zero-order valence-electron chi connectivity index (χ0n) is 16.9. The first-order chi connectivity index (χ1) is 12.6. The van der Waals surface area contributed by atoms with Crippen molar-refractivity contribution in [2.45, 2.75) is 19.4 Å². The van der Waals surface area contributed by atoms with Gasteiger partial charge < -0.3 is 24.4 Å². The molecular weight excluding hydrogens is 351 g/mol. The van der Waals surface area contributed by atoms with E-state index in [1.807, 2.05) is 32.8 Å². The normalized spacial score (nSPS) is 11.6. The standard InChI is InChI=1S/C19H27FN4O3/c1-19(2,24(5)6)11-21-18(25)15-16(27-22-17(15)23(3)4)12-8-9-13(20)14(10-12)26-7/h8-10H,11H2,1-7H3,(H,21,25). The Labute approximate surface area is 159 Å². The monoisotopic (exact) mass is 378 g/mol. The third-order valence-corrected chi connectivity index (χ3v) is 4.63. The fourth-order valence-electron chi connectivity index (χ4n) is 2.33. The molecular formula is C19H27FN4O3. The summed E-state index contributed by atoms with van der Waals surface area (Å²) >= 11 is 0. The lowest BCUT2D eigenvalue weighted by molar-refractivity contribution is 0.0920. The van der Waals surface area contributed by atoms with Crippen molar-refractivity contribution in [1.29, 1.82) is 0 Å². The van der Waals surface area contributed by atoms with Crippen LogP contribution in [-0.4, -0.2) is 63.3 Å². The largest absolute Gasteiger partial charge is 0.494 e. The average molecular weight is 378 g/mol. The first-order valence-electron chi connectivity index (χ1n) is 8.55. The minimum atomic E-state index is -0.493. The molecule has 1 N–H and O–H groups in total. The van der Waals surface area contributed by atoms with Gasteiger partial charge in [-0.25, -0.2) is 4.39 Å². The molecule has 0 spiro atoms. The molecule has 2 rings (SSSR count). The molecule has 1 amide bonds. The van der Waals surface area contributed by atoms with Crippen LogP contribution in [0, 0.1) is 5.82 Å². The van der Waals surface area contributed by atoms with Crippen LogP contribution in [0.15, 0.2) is 22.7 Å². The summed E-state index contributed by atoms with van der Waals surface area (Å²) in [6, 6.07) is 4.27. The van der Waals surface area contributed by atoms with E-state index in [-0.39, 0.29) is 23.0 Å². The summed E-state index contributed by atoms with van der Waals surface area (Å²) in [5, 5.41) is 6.96. The Bertz CT molecular complexity index is 815. The number of benzene rings is 1. The van der Waals surface area contributed by atoms with E-state index in [1.54, 1.807) is 19.0 Å². The molecule has 0 fully saturated rings. The molecule has 1 aromatic heterocycles. The van der Waals surface area contributed by atoms with Crippen molar-refractivity contribution < 1.29 is 18.4 Å². The topological polar surface area (TPSA) is 70.8 Å². The predicted molar refractivity (Wildman–Crippen MR) is 103 cm³/mol. The van der Waals surface area contributed by atoms with Crippen molar-refractivity contribution in [2.24, 2.45) is 0 Å². The van der Waals surface area contributed by atoms with Crippen LogP contribution in [-0.2, 0) is 0 Å². The summed E-state index contributed by atoms with van der Waals surface area (Å²) in [6.07, 6.45) is 0. The Balaban J connectivity index is 2.43. The van der Waals surface area contributed by atoms with E-state index in [1.165, 1.54) is 25.3 Å². The summed E-state index contributed by atoms with van der Waals surface area (Å²) in [5.41, 5.74) is 0.568. The SMILES string of the molecule is COc1cc(-c2onc(N(C)C)c2C(=O)NCC(C)(C)N(C)C)ccc1F. The highest BCUT2D eigenvalue weighted by molar-refractivity contribution is 6.04. The maximum Gasteiger partial charge on any atom is 0.259 e. The Kier molecular flexibility index (Phi) is 6.10. The zero-order valence-corrected chi connectivity index (χ0v) is 16.9. The lowest BCUT2D eigenvalue weighted by Gasteiger charge is -2.32. The van der Waals surface area contributed by atoms with Gasteiger partial charge in [0.25, 0.3) is 5.91 Å². The van der Waals surface area contributed by atoms with Crippen LogP contribution >= 0.6 is 0 Å². The molecule has 1 heterocycles. The molecule has 0 radical (unpaired) electrons. The van der Waals surface area contributed by atoms with Crippen molar-refractivity contribution in [2.75, 3.05) is 46.7 Å². The van der Waals surface area contributed by atoms with E-state index in [2.05, 4.69) is 10.5 Å². The van der Waals surface area contributed by atoms with Gasteiger partial charge in [0, 0.05) is 31.7 Å². The smallest absolute Gasteiger partial charge is 0.259 e. The van der Waals surface area contributed by atoms with Gasteiger partial charge in [-0.15, -0.1) is 0 Å². The Morgan fingerprint density at radius 2 is 1.96 bits per heavy atom. The van der Waals surface area contributed by atoms with Crippen LogP contribution in [0.3, 0.4) is 0 Å². The van der Waals surface area contributed by atoms with Crippen LogP contribution in [0.5, 0.6) is 5.75 Å². The molecule has 8 heteroatoms. The van der Waals surface area contributed by atoms with Gasteiger partial charge >= 0.3 is 0 Å². The number of carbonyl (C=O) groups is 1. The third kappa shape index (κ3) is 4.39. The molecule has 7 nitrogen and oxygen atoms in total. The molecule has 2 aromatic rings. The van der Waals surface area contributed by atoms with Crippen molar-refractivity contribution in [3.05, 3.63) is 29.6 Å². The molecule has 0 atom stereocenters. The summed E-state index contributed by atoms with van der Waals surface area (Å²) in [6.45, 7) is 4.49. The van der Waals surface area contributed by atoms with Gasteiger partial charge in [0.1, 0.15) is 5.56 Å². The molecule has 0 saturated heterocycles. The van der Waals surface area contributed by atoms with Gasteiger partial charge in [0.15, 0.2) is 23.1 Å². The Hall–Kier alpha value is -2.61. The Morgan fingerprint density at radius 1 is 1.30 bits per heavy atom. The van der Waals surface area contributed by atoms with E-state index in [0.29, 0.717) is 23.5 Å². The van der Waals surface area contributed by atoms with Gasteiger partial charge in [-0.05, 0) is 46.1 Å². The van der Waals surface area contributed by atoms with Gasteiger partial charge in [0.2, 0.25) is 0 Å². The number of likely N-dealkylation sites (N-methyl/N-ethyl adjacent to an activating group) is 1. The van der Waals surface area contributed by atoms with Gasteiger partial charge in [-0.2, -0.15) is 0 Å². The summed E-state index contributed by atoms with van der Waals surface area (Å²) in [4.78, 5) is 16.7. The van der Waals surface area contributed by atoms with Crippen molar-refractivity contribution in [1.82, 2.24) is 15.4 Å². The van der Waals surface area contributed by atoms with Crippen LogP contribution < -0.4 is 15.0 Å². The molecule has 0 unspecified atom stereocenters. The molecule has 0 aliphatic heterocycles. The molecule has 1 aromatic carbocycles. The summed E-state index contributed by atoms with van der Waals surface area (Å²) in [5.74, 6) is -0.0819. The number of halogens is 1. The molecule has 0 aliphatic rings. The maximum atomic E-state index is 13.7. The van der Waals surface area contributed by atoms with Crippen LogP contribution in [0.1, 0.15) is 24.2 Å².